The molecule has 7 nitrogen and oxygen atoms in total. The number of nitrogens with one attached hydrogen (secondary N) is 1. The van der Waals surface area contributed by atoms with Crippen LogP contribution >= 0.6 is 0 Å². The Morgan fingerprint density at radius 2 is 1.94 bits per heavy atom. The number of nitrogens with zero attached hydrogens (tertiary/aromatic N) is 2. The first-order valence-electron chi connectivity index (χ1n) is 12.0. The van der Waals surface area contributed by atoms with E-state index in [9.17, 15) is 4.79 Å². The molecule has 4 rings (SSSR count). The molecule has 1 aromatic heterocycles. The predicted molar refractivity (Wildman–Crippen MR) is 130 cm³/mol. The third kappa shape index (κ3) is 5.64. The highest BCUT2D eigenvalue weighted by Crippen LogP contribution is 2.35. The van der Waals surface area contributed by atoms with Gasteiger partial charge in [-0.1, -0.05) is 33.1 Å². The SMILES string of the molecule is CO[n+]1c(C(=O)Nc2cc(C=NC3CCCCC3)c(N)cc2OC2CC2)cccc1C(C)C. The number of anilines is 2. The van der Waals surface area contributed by atoms with Gasteiger partial charge in [0.25, 0.3) is 0 Å². The summed E-state index contributed by atoms with van der Waals surface area (Å²) in [5, 5.41) is 3.02. The van der Waals surface area contributed by atoms with Gasteiger partial charge in [0, 0.05) is 52.4 Å². The number of carbonyl (C=O) groups is 1. The molecular weight excluding hydrogens is 416 g/mol. The van der Waals surface area contributed by atoms with Crippen molar-refractivity contribution >= 4 is 23.5 Å². The van der Waals surface area contributed by atoms with Crippen LogP contribution in [0.1, 0.15) is 86.5 Å². The van der Waals surface area contributed by atoms with Crippen molar-refractivity contribution in [3.63, 3.8) is 0 Å². The summed E-state index contributed by atoms with van der Waals surface area (Å²) in [6, 6.07) is 9.57. The summed E-state index contributed by atoms with van der Waals surface area (Å²) in [6.45, 7) is 4.12. The molecule has 0 spiro atoms. The van der Waals surface area contributed by atoms with Crippen LogP contribution in [-0.2, 0) is 0 Å². The van der Waals surface area contributed by atoms with E-state index in [0.717, 1.165) is 36.9 Å². The van der Waals surface area contributed by atoms with Gasteiger partial charge >= 0.3 is 11.6 Å². The number of aliphatic imine (C=N–C) groups is 1. The maximum Gasteiger partial charge on any atom is 0.325 e. The number of carbonyl (C=O) groups excluding carboxylic acids is 1. The van der Waals surface area contributed by atoms with Crippen LogP contribution in [0, 0.1) is 0 Å². The summed E-state index contributed by atoms with van der Waals surface area (Å²) in [5.41, 5.74) is 9.63. The molecule has 1 aromatic carbocycles. The molecule has 2 aliphatic rings. The Morgan fingerprint density at radius 3 is 2.61 bits per heavy atom. The molecule has 1 heterocycles. The van der Waals surface area contributed by atoms with Gasteiger partial charge in [0.2, 0.25) is 5.69 Å². The minimum Gasteiger partial charge on any atom is -0.488 e. The molecule has 2 aromatic rings. The molecule has 0 unspecified atom stereocenters. The van der Waals surface area contributed by atoms with Crippen LogP contribution in [0.25, 0.3) is 0 Å². The van der Waals surface area contributed by atoms with E-state index in [2.05, 4.69) is 19.2 Å². The summed E-state index contributed by atoms with van der Waals surface area (Å²) in [4.78, 5) is 23.6. The number of hydrogen-bond donors (Lipinski definition) is 2. The van der Waals surface area contributed by atoms with E-state index in [1.807, 2.05) is 24.4 Å². The lowest BCUT2D eigenvalue weighted by atomic mass is 9.96. The maximum absolute atomic E-state index is 13.3. The van der Waals surface area contributed by atoms with Crippen LogP contribution in [0.2, 0.25) is 0 Å². The number of nitrogen functional groups attached to an aromatic ring is 1. The zero-order valence-electron chi connectivity index (χ0n) is 19.8. The van der Waals surface area contributed by atoms with E-state index < -0.39 is 0 Å². The molecular formula is C26H35N4O3+. The standard InChI is InChI=1S/C26H34N4O3/c1-17(2)23-10-7-11-24(30(23)32-3)26(31)29-22-14-18(16-28-19-8-5-4-6-9-19)21(27)15-25(22)33-20-12-13-20/h7,10-11,14-17,19-20,27,31H,4-6,8-9,12-13H2,1-3H3/p+1. The van der Waals surface area contributed by atoms with Gasteiger partial charge in [0.1, 0.15) is 12.9 Å². The molecule has 33 heavy (non-hydrogen) atoms. The normalized spacial score (nSPS) is 16.8. The molecule has 7 heteroatoms. The summed E-state index contributed by atoms with van der Waals surface area (Å²) in [7, 11) is 1.56. The first-order valence-corrected chi connectivity index (χ1v) is 12.0. The van der Waals surface area contributed by atoms with E-state index in [1.54, 1.807) is 24.0 Å². The quantitative estimate of drug-likeness (QED) is 0.356. The van der Waals surface area contributed by atoms with Crippen molar-refractivity contribution in [2.24, 2.45) is 4.99 Å². The number of aromatic nitrogens is 1. The highest BCUT2D eigenvalue weighted by Gasteiger charge is 2.29. The van der Waals surface area contributed by atoms with Crippen molar-refractivity contribution in [1.82, 2.24) is 0 Å². The molecule has 0 radical (unpaired) electrons. The fourth-order valence-corrected chi connectivity index (χ4v) is 4.20. The predicted octanol–water partition coefficient (Wildman–Crippen LogP) is 4.28. The van der Waals surface area contributed by atoms with Gasteiger partial charge < -0.3 is 15.8 Å². The smallest absolute Gasteiger partial charge is 0.325 e. The minimum absolute atomic E-state index is 0.176. The molecule has 3 N–H and O–H groups in total. The minimum atomic E-state index is -0.278. The number of rotatable bonds is 8. The molecule has 1 amide bonds. The molecule has 2 saturated carbocycles. The number of benzene rings is 1. The van der Waals surface area contributed by atoms with E-state index in [1.165, 1.54) is 19.3 Å². The monoisotopic (exact) mass is 451 g/mol. The molecule has 176 valence electrons. The first kappa shape index (κ1) is 23.1. The van der Waals surface area contributed by atoms with Crippen LogP contribution in [0.4, 0.5) is 11.4 Å². The van der Waals surface area contributed by atoms with Crippen LogP contribution in [0.3, 0.4) is 0 Å². The summed E-state index contributed by atoms with van der Waals surface area (Å²) in [6.07, 6.45) is 10.0. The lowest BCUT2D eigenvalue weighted by Crippen LogP contribution is -2.51. The number of nitrogens with two attached hydrogens (primary N) is 1. The first-order chi connectivity index (χ1) is 16.0. The summed E-state index contributed by atoms with van der Waals surface area (Å²) in [5.74, 6) is 0.507. The van der Waals surface area contributed by atoms with Gasteiger partial charge in [-0.05, 0) is 37.8 Å². The number of ether oxygens (including phenoxy) is 1. The highest BCUT2D eigenvalue weighted by molar-refractivity contribution is 6.04. The highest BCUT2D eigenvalue weighted by atomic mass is 16.6. The Morgan fingerprint density at radius 1 is 1.18 bits per heavy atom. The Kier molecular flexibility index (Phi) is 7.16. The van der Waals surface area contributed by atoms with Gasteiger partial charge in [-0.3, -0.25) is 14.6 Å². The van der Waals surface area contributed by atoms with Crippen molar-refractivity contribution in [2.75, 3.05) is 18.2 Å². The van der Waals surface area contributed by atoms with Crippen molar-refractivity contribution in [3.8, 4) is 5.75 Å². The molecule has 0 bridgehead atoms. The largest absolute Gasteiger partial charge is 0.488 e. The van der Waals surface area contributed by atoms with E-state index in [4.69, 9.17) is 20.3 Å². The number of pyridine rings is 1. The number of hydrogen-bond acceptors (Lipinski definition) is 5. The van der Waals surface area contributed by atoms with E-state index in [0.29, 0.717) is 28.9 Å². The topological polar surface area (TPSA) is 89.8 Å². The molecule has 0 saturated heterocycles. The summed E-state index contributed by atoms with van der Waals surface area (Å²) >= 11 is 0. The zero-order valence-corrected chi connectivity index (χ0v) is 19.8. The molecule has 2 fully saturated rings. The van der Waals surface area contributed by atoms with Gasteiger partial charge in [-0.2, -0.15) is 0 Å². The Hall–Kier alpha value is -3.09. The third-order valence-corrected chi connectivity index (χ3v) is 6.23. The van der Waals surface area contributed by atoms with Gasteiger partial charge in [0.05, 0.1) is 11.8 Å². The number of amides is 1. The maximum atomic E-state index is 13.3. The second kappa shape index (κ2) is 10.2. The average molecular weight is 452 g/mol. The zero-order chi connectivity index (χ0) is 23.4. The van der Waals surface area contributed by atoms with Crippen LogP contribution in [0.5, 0.6) is 5.75 Å². The molecule has 0 atom stereocenters. The Bertz CT molecular complexity index is 1020. The Labute approximate surface area is 196 Å². The van der Waals surface area contributed by atoms with Crippen molar-refractivity contribution in [3.05, 3.63) is 47.3 Å². The fourth-order valence-electron chi connectivity index (χ4n) is 4.20. The molecule has 2 aliphatic carbocycles. The van der Waals surface area contributed by atoms with Crippen LogP contribution < -0.4 is 25.4 Å². The molecule has 0 aliphatic heterocycles. The van der Waals surface area contributed by atoms with Crippen molar-refractivity contribution in [2.45, 2.75) is 76.9 Å². The average Bonchev–Trinajstić information content (AvgIpc) is 3.64. The fraction of sp³-hybridized carbons (Fsp3) is 0.500. The lowest BCUT2D eigenvalue weighted by Gasteiger charge is -2.18. The second-order valence-corrected chi connectivity index (χ2v) is 9.29. The van der Waals surface area contributed by atoms with Crippen LogP contribution in [-0.4, -0.2) is 31.4 Å². The van der Waals surface area contributed by atoms with Gasteiger partial charge in [-0.15, -0.1) is 0 Å². The second-order valence-electron chi connectivity index (χ2n) is 9.29. The van der Waals surface area contributed by atoms with Gasteiger partial charge in [0.15, 0.2) is 0 Å². The third-order valence-electron chi connectivity index (χ3n) is 6.23. The Balaban J connectivity index is 1.63. The van der Waals surface area contributed by atoms with Crippen molar-refractivity contribution < 1.29 is 19.1 Å². The van der Waals surface area contributed by atoms with Gasteiger partial charge in [-0.25, -0.2) is 0 Å². The lowest BCUT2D eigenvalue weighted by molar-refractivity contribution is -0.892. The summed E-state index contributed by atoms with van der Waals surface area (Å²) < 4.78 is 7.64. The van der Waals surface area contributed by atoms with Crippen LogP contribution in [0.15, 0.2) is 35.3 Å². The van der Waals surface area contributed by atoms with E-state index >= 15 is 0 Å². The van der Waals surface area contributed by atoms with Crippen molar-refractivity contribution in [1.29, 1.82) is 0 Å². The van der Waals surface area contributed by atoms with E-state index in [-0.39, 0.29) is 17.9 Å².